The van der Waals surface area contributed by atoms with Crippen molar-refractivity contribution in [2.45, 2.75) is 19.9 Å². The van der Waals surface area contributed by atoms with E-state index in [9.17, 15) is 9.59 Å². The highest BCUT2D eigenvalue weighted by Crippen LogP contribution is 2.18. The zero-order valence-electron chi connectivity index (χ0n) is 16.5. The highest BCUT2D eigenvalue weighted by Gasteiger charge is 2.25. The van der Waals surface area contributed by atoms with Gasteiger partial charge < -0.3 is 9.88 Å². The molecule has 1 atom stereocenters. The van der Waals surface area contributed by atoms with Crippen LogP contribution in [-0.2, 0) is 11.8 Å². The number of carbonyl (C=O) groups excluding carboxylic acids is 2. The van der Waals surface area contributed by atoms with Gasteiger partial charge in [0.25, 0.3) is 11.8 Å². The van der Waals surface area contributed by atoms with Gasteiger partial charge in [0.05, 0.1) is 16.8 Å². The monoisotopic (exact) mass is 410 g/mol. The number of para-hydroxylation sites is 1. The van der Waals surface area contributed by atoms with Crippen LogP contribution in [-0.4, -0.2) is 28.6 Å². The molecule has 0 aliphatic carbocycles. The molecule has 0 spiro atoms. The number of amides is 2. The average Bonchev–Trinajstić information content (AvgIpc) is 3.02. The summed E-state index contributed by atoms with van der Waals surface area (Å²) in [6.07, 6.45) is 3.55. The molecule has 29 heavy (non-hydrogen) atoms. The number of rotatable bonds is 6. The first-order chi connectivity index (χ1) is 13.9. The van der Waals surface area contributed by atoms with Crippen LogP contribution in [0.4, 0.5) is 0 Å². The Bertz CT molecular complexity index is 1070. The number of halogens is 1. The Morgan fingerprint density at radius 3 is 2.52 bits per heavy atom. The minimum absolute atomic E-state index is 0.130. The van der Waals surface area contributed by atoms with Gasteiger partial charge in [-0.2, -0.15) is 5.10 Å². The molecule has 6 nitrogen and oxygen atoms in total. The van der Waals surface area contributed by atoms with Crippen LogP contribution >= 0.6 is 11.6 Å². The van der Waals surface area contributed by atoms with E-state index in [1.54, 1.807) is 30.5 Å². The number of benzene rings is 2. The maximum atomic E-state index is 12.6. The molecule has 0 saturated carbocycles. The Hall–Kier alpha value is -3.12. The van der Waals surface area contributed by atoms with Crippen LogP contribution in [0, 0.1) is 5.92 Å². The van der Waals surface area contributed by atoms with Crippen LogP contribution in [0.25, 0.3) is 10.9 Å². The molecule has 0 bridgehead atoms. The van der Waals surface area contributed by atoms with Crippen molar-refractivity contribution >= 4 is 40.5 Å². The van der Waals surface area contributed by atoms with E-state index in [2.05, 4.69) is 15.8 Å². The number of hydrogen-bond acceptors (Lipinski definition) is 3. The van der Waals surface area contributed by atoms with Gasteiger partial charge in [-0.25, -0.2) is 5.43 Å². The van der Waals surface area contributed by atoms with Crippen molar-refractivity contribution < 1.29 is 9.59 Å². The molecule has 2 aromatic carbocycles. The molecule has 0 aliphatic heterocycles. The van der Waals surface area contributed by atoms with Crippen LogP contribution in [0.2, 0.25) is 5.02 Å². The summed E-state index contributed by atoms with van der Waals surface area (Å²) in [5, 5.41) is 8.21. The largest absolute Gasteiger partial charge is 0.350 e. The number of nitrogens with one attached hydrogen (secondary N) is 2. The number of fused-ring (bicyclic) bond motifs is 1. The zero-order chi connectivity index (χ0) is 21.0. The van der Waals surface area contributed by atoms with Crippen LogP contribution in [0.1, 0.15) is 29.8 Å². The molecule has 0 fully saturated rings. The molecule has 150 valence electrons. The van der Waals surface area contributed by atoms with Crippen LogP contribution in [0.5, 0.6) is 0 Å². The first kappa shape index (κ1) is 20.6. The molecule has 0 aliphatic rings. The van der Waals surface area contributed by atoms with Crippen molar-refractivity contribution in [1.82, 2.24) is 15.3 Å². The van der Waals surface area contributed by atoms with E-state index in [1.165, 1.54) is 0 Å². The first-order valence-corrected chi connectivity index (χ1v) is 9.68. The molecule has 0 saturated heterocycles. The van der Waals surface area contributed by atoms with E-state index in [1.807, 2.05) is 55.9 Å². The topological polar surface area (TPSA) is 75.5 Å². The second-order valence-electron chi connectivity index (χ2n) is 7.12. The summed E-state index contributed by atoms with van der Waals surface area (Å²) in [4.78, 5) is 25.1. The van der Waals surface area contributed by atoms with Gasteiger partial charge in [-0.15, -0.1) is 0 Å². The third-order valence-electron chi connectivity index (χ3n) is 4.66. The van der Waals surface area contributed by atoms with Gasteiger partial charge in [0.1, 0.15) is 6.04 Å². The van der Waals surface area contributed by atoms with Crippen LogP contribution < -0.4 is 10.7 Å². The standard InChI is InChI=1S/C22H23ClN4O2/c1-14(2)20(25-21(28)17-9-4-6-10-18(17)23)22(29)26-24-12-15-13-27(3)19-11-7-5-8-16(15)19/h4-14,20H,1-3H3,(H,25,28)(H,26,29)/b24-12-. The predicted octanol–water partition coefficient (Wildman–Crippen LogP) is 3.74. The Kier molecular flexibility index (Phi) is 6.34. The van der Waals surface area contributed by atoms with Gasteiger partial charge in [0.15, 0.2) is 0 Å². The summed E-state index contributed by atoms with van der Waals surface area (Å²) in [6, 6.07) is 13.9. The molecule has 2 N–H and O–H groups in total. The fourth-order valence-corrected chi connectivity index (χ4v) is 3.33. The zero-order valence-corrected chi connectivity index (χ0v) is 17.3. The van der Waals surface area contributed by atoms with Gasteiger partial charge in [0, 0.05) is 29.7 Å². The van der Waals surface area contributed by atoms with Crippen LogP contribution in [0.3, 0.4) is 0 Å². The van der Waals surface area contributed by atoms with E-state index in [-0.39, 0.29) is 5.92 Å². The number of hydrazone groups is 1. The van der Waals surface area contributed by atoms with E-state index in [0.29, 0.717) is 10.6 Å². The summed E-state index contributed by atoms with van der Waals surface area (Å²) in [5.74, 6) is -0.923. The Morgan fingerprint density at radius 1 is 1.10 bits per heavy atom. The highest BCUT2D eigenvalue weighted by atomic mass is 35.5. The quantitative estimate of drug-likeness (QED) is 0.480. The van der Waals surface area contributed by atoms with E-state index in [0.717, 1.165) is 16.5 Å². The first-order valence-electron chi connectivity index (χ1n) is 9.31. The minimum atomic E-state index is -0.747. The minimum Gasteiger partial charge on any atom is -0.350 e. The fraction of sp³-hybridized carbons (Fsp3) is 0.227. The van der Waals surface area contributed by atoms with Crippen molar-refractivity contribution in [3.8, 4) is 0 Å². The Labute approximate surface area is 174 Å². The lowest BCUT2D eigenvalue weighted by Gasteiger charge is -2.20. The highest BCUT2D eigenvalue weighted by molar-refractivity contribution is 6.33. The predicted molar refractivity (Wildman–Crippen MR) is 116 cm³/mol. The van der Waals surface area contributed by atoms with Gasteiger partial charge in [-0.05, 0) is 24.1 Å². The molecule has 2 amide bonds. The Balaban J connectivity index is 1.70. The SMILES string of the molecule is CC(C)C(NC(=O)c1ccccc1Cl)C(=O)N/N=C\c1cn(C)c2ccccc12. The van der Waals surface area contributed by atoms with Crippen molar-refractivity contribution in [3.63, 3.8) is 0 Å². The average molecular weight is 411 g/mol. The summed E-state index contributed by atoms with van der Waals surface area (Å²) in [6.45, 7) is 3.71. The molecule has 1 aromatic heterocycles. The molecule has 7 heteroatoms. The summed E-state index contributed by atoms with van der Waals surface area (Å²) >= 11 is 6.08. The molecule has 0 radical (unpaired) electrons. The third kappa shape index (κ3) is 4.66. The number of hydrogen-bond donors (Lipinski definition) is 2. The number of aromatic nitrogens is 1. The van der Waals surface area contributed by atoms with Crippen LogP contribution in [0.15, 0.2) is 59.8 Å². The van der Waals surface area contributed by atoms with Gasteiger partial charge in [0.2, 0.25) is 0 Å². The van der Waals surface area contributed by atoms with Crippen molar-refractivity contribution in [3.05, 3.63) is 70.9 Å². The second-order valence-corrected chi connectivity index (χ2v) is 7.53. The van der Waals surface area contributed by atoms with Gasteiger partial charge >= 0.3 is 0 Å². The normalized spacial score (nSPS) is 12.4. The summed E-state index contributed by atoms with van der Waals surface area (Å²) in [5.41, 5.74) is 4.83. The second kappa shape index (κ2) is 8.92. The smallest absolute Gasteiger partial charge is 0.262 e. The van der Waals surface area contributed by atoms with E-state index < -0.39 is 17.9 Å². The van der Waals surface area contributed by atoms with E-state index >= 15 is 0 Å². The molecule has 3 rings (SSSR count). The fourth-order valence-electron chi connectivity index (χ4n) is 3.11. The number of aryl methyl sites for hydroxylation is 1. The van der Waals surface area contributed by atoms with Crippen molar-refractivity contribution in [1.29, 1.82) is 0 Å². The van der Waals surface area contributed by atoms with E-state index in [4.69, 9.17) is 11.6 Å². The van der Waals surface area contributed by atoms with Gasteiger partial charge in [-0.1, -0.05) is 55.8 Å². The Morgan fingerprint density at radius 2 is 1.79 bits per heavy atom. The molecule has 1 unspecified atom stereocenters. The maximum absolute atomic E-state index is 12.6. The van der Waals surface area contributed by atoms with Crippen molar-refractivity contribution in [2.75, 3.05) is 0 Å². The lowest BCUT2D eigenvalue weighted by molar-refractivity contribution is -0.123. The lowest BCUT2D eigenvalue weighted by atomic mass is 10.0. The third-order valence-corrected chi connectivity index (χ3v) is 4.99. The molecule has 1 heterocycles. The number of carbonyl (C=O) groups is 2. The maximum Gasteiger partial charge on any atom is 0.262 e. The molecular weight excluding hydrogens is 388 g/mol. The molecular formula is C22H23ClN4O2. The number of nitrogens with zero attached hydrogens (tertiary/aromatic N) is 2. The summed E-state index contributed by atoms with van der Waals surface area (Å²) in [7, 11) is 1.96. The van der Waals surface area contributed by atoms with Crippen molar-refractivity contribution in [2.24, 2.45) is 18.1 Å². The van der Waals surface area contributed by atoms with Gasteiger partial charge in [-0.3, -0.25) is 9.59 Å². The lowest BCUT2D eigenvalue weighted by Crippen LogP contribution is -2.48. The molecule has 3 aromatic rings. The summed E-state index contributed by atoms with van der Waals surface area (Å²) < 4.78 is 2.00.